The number of rotatable bonds is 2. The van der Waals surface area contributed by atoms with Gasteiger partial charge in [-0.2, -0.15) is 0 Å². The zero-order valence-electron chi connectivity index (χ0n) is 7.47. The summed E-state index contributed by atoms with van der Waals surface area (Å²) in [5.41, 5.74) is 0. The molecule has 0 amide bonds. The second kappa shape index (κ2) is 3.24. The van der Waals surface area contributed by atoms with Crippen LogP contribution >= 0.6 is 0 Å². The fourth-order valence-electron chi connectivity index (χ4n) is 0.696. The Bertz CT molecular complexity index is 408. The van der Waals surface area contributed by atoms with E-state index in [4.69, 9.17) is 0 Å². The molecular weight excluding hydrogens is 188 g/mol. The van der Waals surface area contributed by atoms with Gasteiger partial charge in [0.05, 0.1) is 0 Å². The number of nitrogens with zero attached hydrogens (tertiary/aromatic N) is 10. The first kappa shape index (κ1) is 8.34. The lowest BCUT2D eigenvalue weighted by Crippen LogP contribution is -1.98. The molecule has 0 aliphatic rings. The average molecular weight is 194 g/mol. The van der Waals surface area contributed by atoms with Gasteiger partial charge in [-0.05, 0) is 45.1 Å². The number of tetrazole rings is 2. The third-order valence-corrected chi connectivity index (χ3v) is 1.42. The molecule has 14 heavy (non-hydrogen) atoms. The van der Waals surface area contributed by atoms with E-state index in [2.05, 4.69) is 41.5 Å². The minimum Gasteiger partial charge on any atom is -0.112 e. The normalized spacial score (nSPS) is 11.3. The second-order valence-electron chi connectivity index (χ2n) is 2.41. The molecule has 10 nitrogen and oxygen atoms in total. The van der Waals surface area contributed by atoms with Crippen LogP contribution < -0.4 is 0 Å². The topological polar surface area (TPSA) is 112 Å². The minimum absolute atomic E-state index is 0.527. The first-order valence-corrected chi connectivity index (χ1v) is 3.69. The Labute approximate surface area is 77.6 Å². The molecule has 0 saturated carbocycles. The van der Waals surface area contributed by atoms with Gasteiger partial charge in [-0.15, -0.1) is 10.2 Å². The third-order valence-electron chi connectivity index (χ3n) is 1.42. The van der Waals surface area contributed by atoms with Crippen molar-refractivity contribution in [3.05, 3.63) is 11.6 Å². The Kier molecular flexibility index (Phi) is 1.93. The standard InChI is InChI=1S/C4H6N10/c1-3-5-7-9-13(3)11-12-14-4(2)6-8-10-14/h1-2H3. The lowest BCUT2D eigenvalue weighted by atomic mass is 10.8. The van der Waals surface area contributed by atoms with Crippen molar-refractivity contribution >= 4 is 0 Å². The summed E-state index contributed by atoms with van der Waals surface area (Å²) in [6.07, 6.45) is 0. The lowest BCUT2D eigenvalue weighted by molar-refractivity contribution is 0.547. The fourth-order valence-corrected chi connectivity index (χ4v) is 0.696. The molecule has 0 spiro atoms. The Morgan fingerprint density at radius 2 is 1.29 bits per heavy atom. The molecule has 0 bridgehead atoms. The summed E-state index contributed by atoms with van der Waals surface area (Å²) in [6.45, 7) is 3.40. The van der Waals surface area contributed by atoms with Crippen molar-refractivity contribution in [3.63, 3.8) is 0 Å². The maximum atomic E-state index is 3.70. The number of hydrogen-bond donors (Lipinski definition) is 0. The molecule has 2 rings (SSSR count). The summed E-state index contributed by atoms with van der Waals surface area (Å²) in [4.78, 5) is 2.34. The first-order chi connectivity index (χ1) is 6.77. The first-order valence-electron chi connectivity index (χ1n) is 3.69. The van der Waals surface area contributed by atoms with Crippen LogP contribution in [0.15, 0.2) is 10.4 Å². The molecule has 0 N–H and O–H groups in total. The Balaban J connectivity index is 2.23. The van der Waals surface area contributed by atoms with Crippen LogP contribution in [0.1, 0.15) is 11.6 Å². The Hall–Kier alpha value is -2.26. The van der Waals surface area contributed by atoms with Crippen LogP contribution in [0.5, 0.6) is 0 Å². The van der Waals surface area contributed by atoms with Crippen LogP contribution in [-0.4, -0.2) is 40.6 Å². The van der Waals surface area contributed by atoms with E-state index in [0.29, 0.717) is 11.6 Å². The zero-order valence-corrected chi connectivity index (χ0v) is 7.47. The van der Waals surface area contributed by atoms with Gasteiger partial charge < -0.3 is 0 Å². The van der Waals surface area contributed by atoms with Gasteiger partial charge in [0, 0.05) is 0 Å². The van der Waals surface area contributed by atoms with Crippen LogP contribution in [0.3, 0.4) is 0 Å². The van der Waals surface area contributed by atoms with Gasteiger partial charge in [-0.25, -0.2) is 0 Å². The molecule has 2 heterocycles. The third kappa shape index (κ3) is 1.44. The van der Waals surface area contributed by atoms with Crippen LogP contribution in [0.4, 0.5) is 0 Å². The largest absolute Gasteiger partial charge is 0.175 e. The minimum atomic E-state index is 0.527. The van der Waals surface area contributed by atoms with E-state index in [0.717, 1.165) is 0 Å². The lowest BCUT2D eigenvalue weighted by Gasteiger charge is -1.89. The van der Waals surface area contributed by atoms with Gasteiger partial charge in [0.1, 0.15) is 0 Å². The molecule has 0 fully saturated rings. The highest BCUT2D eigenvalue weighted by Crippen LogP contribution is 1.91. The molecule has 0 unspecified atom stereocenters. The summed E-state index contributed by atoms with van der Waals surface area (Å²) in [6, 6.07) is 0. The van der Waals surface area contributed by atoms with E-state index in [9.17, 15) is 0 Å². The summed E-state index contributed by atoms with van der Waals surface area (Å²) in [7, 11) is 0. The van der Waals surface area contributed by atoms with Gasteiger partial charge in [-0.3, -0.25) is 0 Å². The van der Waals surface area contributed by atoms with Crippen molar-refractivity contribution in [3.8, 4) is 0 Å². The fraction of sp³-hybridized carbons (Fsp3) is 0.500. The predicted molar refractivity (Wildman–Crippen MR) is 40.8 cm³/mol. The maximum absolute atomic E-state index is 3.70. The zero-order chi connectivity index (χ0) is 9.97. The van der Waals surface area contributed by atoms with E-state index < -0.39 is 0 Å². The van der Waals surface area contributed by atoms with E-state index in [-0.39, 0.29) is 0 Å². The van der Waals surface area contributed by atoms with Gasteiger partial charge in [0.15, 0.2) is 11.6 Å². The second-order valence-corrected chi connectivity index (χ2v) is 2.41. The molecule has 2 aromatic rings. The molecule has 0 aromatic carbocycles. The smallest absolute Gasteiger partial charge is 0.112 e. The summed E-state index contributed by atoms with van der Waals surface area (Å²) < 4.78 is 0. The molecular formula is C4H6N10. The molecule has 72 valence electrons. The van der Waals surface area contributed by atoms with Crippen molar-refractivity contribution in [2.75, 3.05) is 0 Å². The van der Waals surface area contributed by atoms with Crippen LogP contribution in [0.2, 0.25) is 0 Å². The average Bonchev–Trinajstić information content (AvgIpc) is 2.72. The van der Waals surface area contributed by atoms with Crippen LogP contribution in [-0.2, 0) is 0 Å². The number of aryl methyl sites for hydroxylation is 2. The molecule has 2 aromatic heterocycles. The molecule has 10 heteroatoms. The Morgan fingerprint density at radius 1 is 0.857 bits per heavy atom. The highest BCUT2D eigenvalue weighted by Gasteiger charge is 1.99. The van der Waals surface area contributed by atoms with Gasteiger partial charge >= 0.3 is 0 Å². The van der Waals surface area contributed by atoms with E-state index in [1.54, 1.807) is 13.8 Å². The summed E-state index contributed by atoms with van der Waals surface area (Å²) in [5, 5.41) is 28.5. The van der Waals surface area contributed by atoms with Crippen molar-refractivity contribution in [2.45, 2.75) is 13.8 Å². The maximum Gasteiger partial charge on any atom is 0.175 e. The molecule has 0 aliphatic heterocycles. The quantitative estimate of drug-likeness (QED) is 0.564. The van der Waals surface area contributed by atoms with E-state index >= 15 is 0 Å². The SMILES string of the molecule is Cc1nnnn1N=Nn1nnnc1C. The number of aromatic nitrogens is 8. The molecule has 0 radical (unpaired) electrons. The Morgan fingerprint density at radius 3 is 1.57 bits per heavy atom. The van der Waals surface area contributed by atoms with Crippen molar-refractivity contribution < 1.29 is 0 Å². The highest BCUT2D eigenvalue weighted by molar-refractivity contribution is 4.72. The van der Waals surface area contributed by atoms with Gasteiger partial charge in [-0.1, -0.05) is 9.58 Å². The predicted octanol–water partition coefficient (Wildman–Crippen LogP) is -1.04. The van der Waals surface area contributed by atoms with Gasteiger partial charge in [0.2, 0.25) is 0 Å². The van der Waals surface area contributed by atoms with Gasteiger partial charge in [0.25, 0.3) is 0 Å². The van der Waals surface area contributed by atoms with Crippen LogP contribution in [0.25, 0.3) is 0 Å². The van der Waals surface area contributed by atoms with E-state index in [1.165, 1.54) is 9.58 Å². The van der Waals surface area contributed by atoms with Crippen molar-refractivity contribution in [2.24, 2.45) is 10.4 Å². The van der Waals surface area contributed by atoms with E-state index in [1.807, 2.05) is 0 Å². The van der Waals surface area contributed by atoms with Crippen molar-refractivity contribution in [1.82, 2.24) is 40.6 Å². The summed E-state index contributed by atoms with van der Waals surface area (Å²) in [5.74, 6) is 1.05. The molecule has 0 aliphatic carbocycles. The van der Waals surface area contributed by atoms with Crippen LogP contribution in [0, 0.1) is 13.8 Å². The monoisotopic (exact) mass is 194 g/mol. The van der Waals surface area contributed by atoms with Crippen molar-refractivity contribution in [1.29, 1.82) is 0 Å². The number of hydrogen-bond acceptors (Lipinski definition) is 8. The summed E-state index contributed by atoms with van der Waals surface area (Å²) >= 11 is 0. The highest BCUT2D eigenvalue weighted by atomic mass is 15.8. The molecule has 0 atom stereocenters. The molecule has 0 saturated heterocycles.